The van der Waals surface area contributed by atoms with E-state index in [4.69, 9.17) is 19.3 Å². The van der Waals surface area contributed by atoms with Gasteiger partial charge >= 0.3 is 0 Å². The monoisotopic (exact) mass is 226 g/mol. The van der Waals surface area contributed by atoms with Gasteiger partial charge in [-0.05, 0) is 24.6 Å². The molecule has 0 aliphatic heterocycles. The Morgan fingerprint density at radius 2 is 2.00 bits per heavy atom. The zero-order valence-electron chi connectivity index (χ0n) is 9.90. The van der Waals surface area contributed by atoms with Crippen molar-refractivity contribution in [3.63, 3.8) is 0 Å². The van der Waals surface area contributed by atoms with Crippen molar-refractivity contribution in [1.82, 2.24) is 0 Å². The van der Waals surface area contributed by atoms with Crippen LogP contribution in [0.25, 0.3) is 0 Å². The molecule has 0 spiro atoms. The number of aliphatic hydroxyl groups excluding tert-OH is 1. The lowest BCUT2D eigenvalue weighted by molar-refractivity contribution is 0.0898. The summed E-state index contributed by atoms with van der Waals surface area (Å²) in [5.41, 5.74) is 0.792. The molecule has 1 aromatic carbocycles. The molecule has 0 bridgehead atoms. The summed E-state index contributed by atoms with van der Waals surface area (Å²) in [5, 5.41) is 9.04. The van der Waals surface area contributed by atoms with Gasteiger partial charge in [-0.2, -0.15) is 0 Å². The molecule has 0 saturated heterocycles. The Morgan fingerprint density at radius 1 is 1.25 bits per heavy atom. The average molecular weight is 226 g/mol. The Balaban J connectivity index is 2.82. The Bertz CT molecular complexity index is 325. The van der Waals surface area contributed by atoms with Crippen LogP contribution in [-0.2, 0) is 11.3 Å². The van der Waals surface area contributed by atoms with Crippen molar-refractivity contribution in [3.05, 3.63) is 23.8 Å². The van der Waals surface area contributed by atoms with E-state index < -0.39 is 0 Å². The number of rotatable bonds is 6. The highest BCUT2D eigenvalue weighted by atomic mass is 16.5. The van der Waals surface area contributed by atoms with Crippen molar-refractivity contribution in [2.75, 3.05) is 20.8 Å². The van der Waals surface area contributed by atoms with Gasteiger partial charge in [-0.3, -0.25) is 0 Å². The molecule has 0 aliphatic carbocycles. The average Bonchev–Trinajstić information content (AvgIpc) is 2.29. The minimum absolute atomic E-state index is 0.0149. The molecule has 4 nitrogen and oxygen atoms in total. The molecule has 0 aliphatic rings. The van der Waals surface area contributed by atoms with Crippen LogP contribution in [0, 0.1) is 0 Å². The molecule has 1 N–H and O–H groups in total. The molecule has 0 fully saturated rings. The molecule has 1 rings (SSSR count). The number of benzene rings is 1. The van der Waals surface area contributed by atoms with E-state index in [-0.39, 0.29) is 12.7 Å². The van der Waals surface area contributed by atoms with Crippen molar-refractivity contribution in [1.29, 1.82) is 0 Å². The van der Waals surface area contributed by atoms with Crippen LogP contribution in [0.2, 0.25) is 0 Å². The van der Waals surface area contributed by atoms with Crippen molar-refractivity contribution in [2.45, 2.75) is 19.6 Å². The number of ether oxygens (including phenoxy) is 3. The summed E-state index contributed by atoms with van der Waals surface area (Å²) in [6.07, 6.45) is -0.0622. The second-order valence-electron chi connectivity index (χ2n) is 3.53. The fraction of sp³-hybridized carbons (Fsp3) is 0.500. The minimum Gasteiger partial charge on any atom is -0.493 e. The van der Waals surface area contributed by atoms with Crippen molar-refractivity contribution < 1.29 is 19.3 Å². The predicted octanol–water partition coefficient (Wildman–Crippen LogP) is 1.60. The first-order chi connectivity index (χ1) is 7.71. The van der Waals surface area contributed by atoms with E-state index >= 15 is 0 Å². The van der Waals surface area contributed by atoms with E-state index in [0.29, 0.717) is 18.1 Å². The van der Waals surface area contributed by atoms with Crippen LogP contribution in [0.15, 0.2) is 18.2 Å². The Labute approximate surface area is 95.8 Å². The fourth-order valence-electron chi connectivity index (χ4n) is 1.40. The molecule has 16 heavy (non-hydrogen) atoms. The lowest BCUT2D eigenvalue weighted by Gasteiger charge is -2.16. The topological polar surface area (TPSA) is 47.9 Å². The quantitative estimate of drug-likeness (QED) is 0.800. The van der Waals surface area contributed by atoms with Crippen molar-refractivity contribution in [2.24, 2.45) is 0 Å². The van der Waals surface area contributed by atoms with Gasteiger partial charge in [-0.1, -0.05) is 6.07 Å². The molecule has 0 saturated carbocycles. The van der Waals surface area contributed by atoms with Gasteiger partial charge in [0.05, 0.1) is 20.3 Å². The zero-order chi connectivity index (χ0) is 12.0. The third-order valence-corrected chi connectivity index (χ3v) is 2.14. The summed E-state index contributed by atoms with van der Waals surface area (Å²) in [7, 11) is 3.21. The third-order valence-electron chi connectivity index (χ3n) is 2.14. The molecule has 1 aromatic rings. The third kappa shape index (κ3) is 3.40. The minimum atomic E-state index is -0.0622. The standard InChI is InChI=1S/C12H18O4/c1-9(8-14-2)16-12-6-10(7-13)4-5-11(12)15-3/h4-6,9,13H,7-8H2,1-3H3. The summed E-state index contributed by atoms with van der Waals surface area (Å²) in [4.78, 5) is 0. The van der Waals surface area contributed by atoms with Gasteiger partial charge in [0.1, 0.15) is 6.10 Å². The number of hydrogen-bond acceptors (Lipinski definition) is 4. The molecular formula is C12H18O4. The predicted molar refractivity (Wildman–Crippen MR) is 60.9 cm³/mol. The van der Waals surface area contributed by atoms with Crippen LogP contribution in [0.3, 0.4) is 0 Å². The maximum Gasteiger partial charge on any atom is 0.162 e. The van der Waals surface area contributed by atoms with Crippen LogP contribution < -0.4 is 9.47 Å². The zero-order valence-corrected chi connectivity index (χ0v) is 9.90. The number of aliphatic hydroxyl groups is 1. The van der Waals surface area contributed by atoms with Gasteiger partial charge in [-0.25, -0.2) is 0 Å². The summed E-state index contributed by atoms with van der Waals surface area (Å²) in [5.74, 6) is 1.28. The molecule has 0 aromatic heterocycles. The Morgan fingerprint density at radius 3 is 2.56 bits per heavy atom. The molecule has 0 heterocycles. The van der Waals surface area contributed by atoms with Crippen LogP contribution >= 0.6 is 0 Å². The van der Waals surface area contributed by atoms with Crippen LogP contribution in [0.4, 0.5) is 0 Å². The van der Waals surface area contributed by atoms with E-state index in [1.807, 2.05) is 6.92 Å². The van der Waals surface area contributed by atoms with E-state index in [0.717, 1.165) is 5.56 Å². The first-order valence-corrected chi connectivity index (χ1v) is 5.14. The van der Waals surface area contributed by atoms with Crippen molar-refractivity contribution in [3.8, 4) is 11.5 Å². The fourth-order valence-corrected chi connectivity index (χ4v) is 1.40. The van der Waals surface area contributed by atoms with Gasteiger partial charge in [0, 0.05) is 7.11 Å². The Hall–Kier alpha value is -1.26. The molecule has 4 heteroatoms. The molecule has 1 unspecified atom stereocenters. The second kappa shape index (κ2) is 6.35. The normalized spacial score (nSPS) is 12.2. The summed E-state index contributed by atoms with van der Waals surface area (Å²) < 4.78 is 15.8. The largest absolute Gasteiger partial charge is 0.493 e. The van der Waals surface area contributed by atoms with E-state index in [2.05, 4.69) is 0 Å². The summed E-state index contributed by atoms with van der Waals surface area (Å²) in [6, 6.07) is 5.35. The molecule has 0 amide bonds. The van der Waals surface area contributed by atoms with Gasteiger partial charge in [-0.15, -0.1) is 0 Å². The van der Waals surface area contributed by atoms with Gasteiger partial charge in [0.25, 0.3) is 0 Å². The lowest BCUT2D eigenvalue weighted by atomic mass is 10.2. The molecule has 90 valence electrons. The van der Waals surface area contributed by atoms with E-state index in [1.54, 1.807) is 32.4 Å². The maximum absolute atomic E-state index is 9.04. The van der Waals surface area contributed by atoms with E-state index in [9.17, 15) is 0 Å². The molecular weight excluding hydrogens is 208 g/mol. The first-order valence-electron chi connectivity index (χ1n) is 5.14. The number of methoxy groups -OCH3 is 2. The maximum atomic E-state index is 9.04. The highest BCUT2D eigenvalue weighted by molar-refractivity contribution is 5.42. The van der Waals surface area contributed by atoms with E-state index in [1.165, 1.54) is 0 Å². The van der Waals surface area contributed by atoms with Crippen LogP contribution in [0.5, 0.6) is 11.5 Å². The highest BCUT2D eigenvalue weighted by Gasteiger charge is 2.09. The Kier molecular flexibility index (Phi) is 5.08. The van der Waals surface area contributed by atoms with Gasteiger partial charge in [0.15, 0.2) is 11.5 Å². The lowest BCUT2D eigenvalue weighted by Crippen LogP contribution is -2.18. The smallest absolute Gasteiger partial charge is 0.162 e. The number of hydrogen-bond donors (Lipinski definition) is 1. The van der Waals surface area contributed by atoms with Gasteiger partial charge in [0.2, 0.25) is 0 Å². The van der Waals surface area contributed by atoms with Crippen molar-refractivity contribution >= 4 is 0 Å². The molecule has 0 radical (unpaired) electrons. The first kappa shape index (κ1) is 12.8. The molecule has 1 atom stereocenters. The second-order valence-corrected chi connectivity index (χ2v) is 3.53. The summed E-state index contributed by atoms with van der Waals surface area (Å²) in [6.45, 7) is 2.40. The van der Waals surface area contributed by atoms with Crippen LogP contribution in [0.1, 0.15) is 12.5 Å². The SMILES string of the molecule is COCC(C)Oc1cc(CO)ccc1OC. The summed E-state index contributed by atoms with van der Waals surface area (Å²) >= 11 is 0. The highest BCUT2D eigenvalue weighted by Crippen LogP contribution is 2.28. The van der Waals surface area contributed by atoms with Crippen LogP contribution in [-0.4, -0.2) is 32.0 Å². The van der Waals surface area contributed by atoms with Gasteiger partial charge < -0.3 is 19.3 Å².